The summed E-state index contributed by atoms with van der Waals surface area (Å²) in [6, 6.07) is 1.58. The standard InChI is InChI=1S/C11H13N3O2S3/c12-6-9-10(4-5-17-9)19(15,16)14-11-13-7-2-1-3-8(7)18-11/h4-5H,1-3,6,12H2,(H,13,14). The quantitative estimate of drug-likeness (QED) is 0.903. The summed E-state index contributed by atoms with van der Waals surface area (Å²) >= 11 is 2.78. The van der Waals surface area contributed by atoms with Crippen molar-refractivity contribution in [3.8, 4) is 0 Å². The Morgan fingerprint density at radius 1 is 1.42 bits per heavy atom. The third kappa shape index (κ3) is 2.40. The van der Waals surface area contributed by atoms with Crippen LogP contribution in [0.3, 0.4) is 0 Å². The normalized spacial score (nSPS) is 14.6. The Labute approximate surface area is 119 Å². The number of nitrogens with one attached hydrogen (secondary N) is 1. The van der Waals surface area contributed by atoms with Gasteiger partial charge in [-0.05, 0) is 30.7 Å². The number of anilines is 1. The molecule has 0 amide bonds. The van der Waals surface area contributed by atoms with Gasteiger partial charge in [0.2, 0.25) is 0 Å². The van der Waals surface area contributed by atoms with E-state index in [0.29, 0.717) is 10.0 Å². The van der Waals surface area contributed by atoms with Crippen LogP contribution in [0.4, 0.5) is 5.13 Å². The maximum absolute atomic E-state index is 12.3. The highest BCUT2D eigenvalue weighted by molar-refractivity contribution is 7.93. The molecule has 3 rings (SSSR count). The molecule has 2 aromatic rings. The molecule has 0 fully saturated rings. The van der Waals surface area contributed by atoms with E-state index >= 15 is 0 Å². The zero-order chi connectivity index (χ0) is 13.5. The van der Waals surface area contributed by atoms with Gasteiger partial charge in [-0.3, -0.25) is 4.72 Å². The second kappa shape index (κ2) is 4.86. The lowest BCUT2D eigenvalue weighted by atomic mass is 10.4. The van der Waals surface area contributed by atoms with Gasteiger partial charge >= 0.3 is 0 Å². The van der Waals surface area contributed by atoms with E-state index < -0.39 is 10.0 Å². The highest BCUT2D eigenvalue weighted by atomic mass is 32.2. The number of hydrogen-bond acceptors (Lipinski definition) is 6. The van der Waals surface area contributed by atoms with Crippen LogP contribution in [0.2, 0.25) is 0 Å². The summed E-state index contributed by atoms with van der Waals surface area (Å²) in [6.45, 7) is 0.224. The van der Waals surface area contributed by atoms with E-state index in [1.54, 1.807) is 11.4 Å². The van der Waals surface area contributed by atoms with Gasteiger partial charge in [-0.25, -0.2) is 13.4 Å². The summed E-state index contributed by atoms with van der Waals surface area (Å²) < 4.78 is 27.1. The number of sulfonamides is 1. The molecule has 3 N–H and O–H groups in total. The number of rotatable bonds is 4. The molecule has 102 valence electrons. The summed E-state index contributed by atoms with van der Waals surface area (Å²) in [5.41, 5.74) is 6.58. The van der Waals surface area contributed by atoms with E-state index in [1.165, 1.54) is 27.6 Å². The maximum Gasteiger partial charge on any atom is 0.264 e. The highest BCUT2D eigenvalue weighted by Crippen LogP contribution is 2.32. The van der Waals surface area contributed by atoms with E-state index in [9.17, 15) is 8.42 Å². The average molecular weight is 315 g/mol. The number of aryl methyl sites for hydroxylation is 2. The summed E-state index contributed by atoms with van der Waals surface area (Å²) in [6.07, 6.45) is 3.06. The molecule has 5 nitrogen and oxygen atoms in total. The monoisotopic (exact) mass is 315 g/mol. The topological polar surface area (TPSA) is 85.1 Å². The molecule has 8 heteroatoms. The zero-order valence-corrected chi connectivity index (χ0v) is 12.5. The summed E-state index contributed by atoms with van der Waals surface area (Å²) in [4.78, 5) is 6.46. The number of nitrogens with zero attached hydrogens (tertiary/aromatic N) is 1. The first-order chi connectivity index (χ1) is 9.10. The van der Waals surface area contributed by atoms with E-state index in [0.717, 1.165) is 25.0 Å². The number of fused-ring (bicyclic) bond motifs is 1. The summed E-state index contributed by atoms with van der Waals surface area (Å²) in [7, 11) is -3.57. The fourth-order valence-corrected chi connectivity index (χ4v) is 5.74. The van der Waals surface area contributed by atoms with Gasteiger partial charge < -0.3 is 5.73 Å². The Bertz CT molecular complexity index is 681. The maximum atomic E-state index is 12.3. The van der Waals surface area contributed by atoms with Gasteiger partial charge in [-0.2, -0.15) is 0 Å². The van der Waals surface area contributed by atoms with Crippen LogP contribution in [0.1, 0.15) is 21.9 Å². The van der Waals surface area contributed by atoms with Gasteiger partial charge in [0.1, 0.15) is 4.90 Å². The predicted molar refractivity (Wildman–Crippen MR) is 77.2 cm³/mol. The minimum atomic E-state index is -3.57. The van der Waals surface area contributed by atoms with Crippen LogP contribution in [0.25, 0.3) is 0 Å². The SMILES string of the molecule is NCc1sccc1S(=O)(=O)Nc1nc2c(s1)CCC2. The molecule has 0 unspecified atom stereocenters. The molecule has 0 spiro atoms. The van der Waals surface area contributed by atoms with Crippen molar-refractivity contribution in [1.82, 2.24) is 4.98 Å². The molecule has 0 saturated heterocycles. The first-order valence-corrected chi connectivity index (χ1v) is 9.06. The zero-order valence-electron chi connectivity index (χ0n) is 10.0. The van der Waals surface area contributed by atoms with Crippen molar-refractivity contribution < 1.29 is 8.42 Å². The first kappa shape index (κ1) is 13.0. The van der Waals surface area contributed by atoms with Gasteiger partial charge in [0.05, 0.1) is 5.69 Å². The molecular weight excluding hydrogens is 302 g/mol. The molecule has 0 radical (unpaired) electrons. The van der Waals surface area contributed by atoms with Gasteiger partial charge in [0.25, 0.3) is 10.0 Å². The molecule has 0 saturated carbocycles. The second-order valence-electron chi connectivity index (χ2n) is 4.26. The number of nitrogens with two attached hydrogens (primary N) is 1. The molecule has 1 aliphatic rings. The third-order valence-electron chi connectivity index (χ3n) is 3.00. The molecule has 2 heterocycles. The van der Waals surface area contributed by atoms with Crippen LogP contribution in [0.5, 0.6) is 0 Å². The van der Waals surface area contributed by atoms with Crippen LogP contribution in [-0.4, -0.2) is 13.4 Å². The lowest BCUT2D eigenvalue weighted by Crippen LogP contribution is -2.14. The van der Waals surface area contributed by atoms with Gasteiger partial charge in [-0.1, -0.05) is 0 Å². The van der Waals surface area contributed by atoms with Crippen LogP contribution in [0, 0.1) is 0 Å². The van der Waals surface area contributed by atoms with Crippen molar-refractivity contribution in [2.45, 2.75) is 30.7 Å². The number of thiophene rings is 1. The minimum absolute atomic E-state index is 0.224. The minimum Gasteiger partial charge on any atom is -0.326 e. The number of aromatic nitrogens is 1. The smallest absolute Gasteiger partial charge is 0.264 e. The van der Waals surface area contributed by atoms with E-state index in [2.05, 4.69) is 9.71 Å². The lowest BCUT2D eigenvalue weighted by molar-refractivity contribution is 0.600. The molecule has 2 aromatic heterocycles. The van der Waals surface area contributed by atoms with Gasteiger partial charge in [0.15, 0.2) is 5.13 Å². The molecular formula is C11H13N3O2S3. The Hall–Kier alpha value is -0.960. The summed E-state index contributed by atoms with van der Waals surface area (Å²) in [5.74, 6) is 0. The van der Waals surface area contributed by atoms with Gasteiger partial charge in [0, 0.05) is 16.3 Å². The molecule has 0 atom stereocenters. The fraction of sp³-hybridized carbons (Fsp3) is 0.364. The molecule has 0 bridgehead atoms. The van der Waals surface area contributed by atoms with Crippen molar-refractivity contribution in [2.75, 3.05) is 4.72 Å². The van der Waals surface area contributed by atoms with Crippen molar-refractivity contribution in [3.63, 3.8) is 0 Å². The van der Waals surface area contributed by atoms with Crippen LogP contribution in [-0.2, 0) is 29.4 Å². The lowest BCUT2D eigenvalue weighted by Gasteiger charge is -2.05. The molecule has 0 aromatic carbocycles. The fourth-order valence-electron chi connectivity index (χ4n) is 2.12. The predicted octanol–water partition coefficient (Wildman–Crippen LogP) is 1.95. The molecule has 19 heavy (non-hydrogen) atoms. The van der Waals surface area contributed by atoms with Crippen molar-refractivity contribution >= 4 is 37.8 Å². The van der Waals surface area contributed by atoms with E-state index in [1.807, 2.05) is 0 Å². The Kier molecular flexibility index (Phi) is 3.34. The first-order valence-electron chi connectivity index (χ1n) is 5.88. The summed E-state index contributed by atoms with van der Waals surface area (Å²) in [5, 5.41) is 2.19. The van der Waals surface area contributed by atoms with E-state index in [4.69, 9.17) is 5.73 Å². The van der Waals surface area contributed by atoms with E-state index in [-0.39, 0.29) is 11.4 Å². The average Bonchev–Trinajstić information content (AvgIpc) is 3.00. The Balaban J connectivity index is 1.89. The van der Waals surface area contributed by atoms with Crippen molar-refractivity contribution in [1.29, 1.82) is 0 Å². The van der Waals surface area contributed by atoms with Crippen molar-refractivity contribution in [2.24, 2.45) is 5.73 Å². The van der Waals surface area contributed by atoms with Crippen LogP contribution >= 0.6 is 22.7 Å². The van der Waals surface area contributed by atoms with Crippen molar-refractivity contribution in [3.05, 3.63) is 26.9 Å². The van der Waals surface area contributed by atoms with Gasteiger partial charge in [-0.15, -0.1) is 22.7 Å². The third-order valence-corrected chi connectivity index (χ3v) is 6.69. The number of thiazole rings is 1. The molecule has 0 aliphatic heterocycles. The number of hydrogen-bond donors (Lipinski definition) is 2. The van der Waals surface area contributed by atoms with Crippen LogP contribution < -0.4 is 10.5 Å². The second-order valence-corrected chi connectivity index (χ2v) is 8.00. The largest absolute Gasteiger partial charge is 0.326 e. The highest BCUT2D eigenvalue weighted by Gasteiger charge is 2.23. The Morgan fingerprint density at radius 3 is 3.00 bits per heavy atom. The Morgan fingerprint density at radius 2 is 2.26 bits per heavy atom. The van der Waals surface area contributed by atoms with Crippen LogP contribution in [0.15, 0.2) is 16.3 Å². The molecule has 1 aliphatic carbocycles.